The first-order valence-corrected chi connectivity index (χ1v) is 8.17. The summed E-state index contributed by atoms with van der Waals surface area (Å²) in [6, 6.07) is 17.6. The molecular weight excluding hydrogens is 328 g/mol. The lowest BCUT2D eigenvalue weighted by atomic mass is 9.86. The molecule has 0 amide bonds. The maximum atomic E-state index is 11.8. The van der Waals surface area contributed by atoms with Crippen LogP contribution in [0.15, 0.2) is 60.7 Å². The zero-order chi connectivity index (χ0) is 18.8. The van der Waals surface area contributed by atoms with E-state index in [1.54, 1.807) is 12.1 Å². The van der Waals surface area contributed by atoms with Gasteiger partial charge in [-0.1, -0.05) is 48.5 Å². The molecule has 0 bridgehead atoms. The molecule has 0 aliphatic carbocycles. The molecule has 0 aliphatic rings. The van der Waals surface area contributed by atoms with E-state index in [2.05, 4.69) is 0 Å². The minimum atomic E-state index is -1.15. The van der Waals surface area contributed by atoms with Crippen LogP contribution in [0.2, 0.25) is 0 Å². The minimum absolute atomic E-state index is 0.0245. The first kappa shape index (κ1) is 17.4. The molecule has 0 heterocycles. The van der Waals surface area contributed by atoms with Gasteiger partial charge in [-0.3, -0.25) is 0 Å². The van der Waals surface area contributed by atoms with Crippen molar-refractivity contribution in [3.63, 3.8) is 0 Å². The molecule has 4 nitrogen and oxygen atoms in total. The molecule has 0 aliphatic heterocycles. The number of aromatic carboxylic acids is 2. The first-order valence-electron chi connectivity index (χ1n) is 8.17. The number of hydrogen-bond donors (Lipinski definition) is 2. The highest BCUT2D eigenvalue weighted by atomic mass is 16.4. The van der Waals surface area contributed by atoms with Gasteiger partial charge in [-0.2, -0.15) is 0 Å². The molecule has 0 saturated heterocycles. The van der Waals surface area contributed by atoms with Crippen LogP contribution in [0, 0.1) is 13.8 Å². The number of rotatable bonds is 4. The van der Waals surface area contributed by atoms with E-state index in [-0.39, 0.29) is 16.7 Å². The van der Waals surface area contributed by atoms with E-state index < -0.39 is 11.9 Å². The predicted octanol–water partition coefficient (Wildman–Crippen LogP) is 5.03. The molecule has 0 spiro atoms. The van der Waals surface area contributed by atoms with Crippen molar-refractivity contribution in [3.8, 4) is 22.3 Å². The summed E-state index contributed by atoms with van der Waals surface area (Å²) in [6.07, 6.45) is 0. The highest BCUT2D eigenvalue weighted by Crippen LogP contribution is 2.38. The van der Waals surface area contributed by atoms with Gasteiger partial charge in [0.05, 0.1) is 11.1 Å². The third-order valence-electron chi connectivity index (χ3n) is 4.47. The van der Waals surface area contributed by atoms with Gasteiger partial charge in [0.15, 0.2) is 0 Å². The lowest BCUT2D eigenvalue weighted by Crippen LogP contribution is -2.07. The molecule has 0 unspecified atom stereocenters. The number of carboxylic acids is 2. The van der Waals surface area contributed by atoms with Crippen LogP contribution in [0.1, 0.15) is 31.8 Å². The Balaban J connectivity index is 2.42. The Bertz CT molecular complexity index is 966. The van der Waals surface area contributed by atoms with Gasteiger partial charge in [-0.25, -0.2) is 9.59 Å². The van der Waals surface area contributed by atoms with Crippen LogP contribution in [-0.4, -0.2) is 22.2 Å². The highest BCUT2D eigenvalue weighted by Gasteiger charge is 2.22. The van der Waals surface area contributed by atoms with Gasteiger partial charge in [0, 0.05) is 5.56 Å². The fourth-order valence-corrected chi connectivity index (χ4v) is 3.36. The molecule has 3 aromatic rings. The second-order valence-corrected chi connectivity index (χ2v) is 6.15. The van der Waals surface area contributed by atoms with E-state index in [4.69, 9.17) is 0 Å². The summed E-state index contributed by atoms with van der Waals surface area (Å²) >= 11 is 0. The monoisotopic (exact) mass is 346 g/mol. The molecule has 0 aromatic heterocycles. The smallest absolute Gasteiger partial charge is 0.336 e. The molecule has 0 atom stereocenters. The van der Waals surface area contributed by atoms with Crippen LogP contribution in [0.25, 0.3) is 22.3 Å². The highest BCUT2D eigenvalue weighted by molar-refractivity contribution is 6.07. The molecule has 0 fully saturated rings. The number of carboxylic acid groups (broad SMARTS) is 2. The third-order valence-corrected chi connectivity index (χ3v) is 4.47. The van der Waals surface area contributed by atoms with Crippen LogP contribution in [0.5, 0.6) is 0 Å². The van der Waals surface area contributed by atoms with Gasteiger partial charge in [-0.15, -0.1) is 0 Å². The van der Waals surface area contributed by atoms with E-state index in [1.807, 2.05) is 44.2 Å². The number of carbonyl (C=O) groups is 2. The van der Waals surface area contributed by atoms with Crippen LogP contribution >= 0.6 is 0 Å². The minimum Gasteiger partial charge on any atom is -0.478 e. The van der Waals surface area contributed by atoms with Gasteiger partial charge < -0.3 is 10.2 Å². The number of hydrogen-bond acceptors (Lipinski definition) is 2. The third kappa shape index (κ3) is 2.97. The lowest BCUT2D eigenvalue weighted by Gasteiger charge is -2.17. The molecule has 4 heteroatoms. The van der Waals surface area contributed by atoms with Crippen molar-refractivity contribution >= 4 is 11.9 Å². The van der Waals surface area contributed by atoms with Crippen molar-refractivity contribution < 1.29 is 19.8 Å². The van der Waals surface area contributed by atoms with Crippen molar-refractivity contribution in [2.75, 3.05) is 0 Å². The van der Waals surface area contributed by atoms with Crippen LogP contribution < -0.4 is 0 Å². The summed E-state index contributed by atoms with van der Waals surface area (Å²) in [6.45, 7) is 3.97. The standard InChI is InChI=1S/C22H18O4/c1-13-7-5-8-14(2)19(13)15-9-3-4-10-16(15)20-17(21(23)24)11-6-12-18(20)22(25)26/h3-12H,1-2H3,(H,23,24)(H,25,26). The van der Waals surface area contributed by atoms with E-state index >= 15 is 0 Å². The molecule has 130 valence electrons. The molecule has 3 aromatic carbocycles. The first-order chi connectivity index (χ1) is 12.4. The summed E-state index contributed by atoms with van der Waals surface area (Å²) in [5.74, 6) is -2.31. The van der Waals surface area contributed by atoms with Crippen molar-refractivity contribution in [2.24, 2.45) is 0 Å². The summed E-state index contributed by atoms with van der Waals surface area (Å²) in [7, 11) is 0. The van der Waals surface area contributed by atoms with Crippen molar-refractivity contribution in [3.05, 3.63) is 82.9 Å². The predicted molar refractivity (Wildman–Crippen MR) is 101 cm³/mol. The second-order valence-electron chi connectivity index (χ2n) is 6.15. The number of benzene rings is 3. The van der Waals surface area contributed by atoms with E-state index in [9.17, 15) is 19.8 Å². The van der Waals surface area contributed by atoms with Crippen LogP contribution in [0.3, 0.4) is 0 Å². The quantitative estimate of drug-likeness (QED) is 0.694. The maximum absolute atomic E-state index is 11.8. The molecule has 2 N–H and O–H groups in total. The van der Waals surface area contributed by atoms with Gasteiger partial charge in [0.25, 0.3) is 0 Å². The van der Waals surface area contributed by atoms with E-state index in [0.29, 0.717) is 5.56 Å². The lowest BCUT2D eigenvalue weighted by molar-refractivity contribution is 0.0696. The van der Waals surface area contributed by atoms with E-state index in [1.165, 1.54) is 18.2 Å². The van der Waals surface area contributed by atoms with Crippen molar-refractivity contribution in [1.29, 1.82) is 0 Å². The Hall–Kier alpha value is -3.40. The average molecular weight is 346 g/mol. The molecule has 0 radical (unpaired) electrons. The fraction of sp³-hybridized carbons (Fsp3) is 0.0909. The Morgan fingerprint density at radius 3 is 1.50 bits per heavy atom. The normalized spacial score (nSPS) is 10.5. The Kier molecular flexibility index (Phi) is 4.59. The fourth-order valence-electron chi connectivity index (χ4n) is 3.36. The van der Waals surface area contributed by atoms with Gasteiger partial charge >= 0.3 is 11.9 Å². The molecule has 3 rings (SSSR count). The zero-order valence-electron chi connectivity index (χ0n) is 14.5. The Labute approximate surface area is 151 Å². The topological polar surface area (TPSA) is 74.6 Å². The Morgan fingerprint density at radius 2 is 1.04 bits per heavy atom. The second kappa shape index (κ2) is 6.84. The SMILES string of the molecule is Cc1cccc(C)c1-c1ccccc1-c1c(C(=O)O)cccc1C(=O)O. The summed E-state index contributed by atoms with van der Waals surface area (Å²) < 4.78 is 0. The molecule has 26 heavy (non-hydrogen) atoms. The van der Waals surface area contributed by atoms with Gasteiger partial charge in [0.1, 0.15) is 0 Å². The largest absolute Gasteiger partial charge is 0.478 e. The van der Waals surface area contributed by atoms with Gasteiger partial charge in [-0.05, 0) is 53.8 Å². The van der Waals surface area contributed by atoms with Crippen LogP contribution in [0.4, 0.5) is 0 Å². The van der Waals surface area contributed by atoms with Crippen LogP contribution in [-0.2, 0) is 0 Å². The summed E-state index contributed by atoms with van der Waals surface area (Å²) in [4.78, 5) is 23.5. The van der Waals surface area contributed by atoms with Crippen molar-refractivity contribution in [2.45, 2.75) is 13.8 Å². The summed E-state index contributed by atoms with van der Waals surface area (Å²) in [5.41, 5.74) is 4.67. The molecule has 0 saturated carbocycles. The van der Waals surface area contributed by atoms with Gasteiger partial charge in [0.2, 0.25) is 0 Å². The van der Waals surface area contributed by atoms with E-state index in [0.717, 1.165) is 22.3 Å². The number of aryl methyl sites for hydroxylation is 2. The van der Waals surface area contributed by atoms with Crippen molar-refractivity contribution in [1.82, 2.24) is 0 Å². The maximum Gasteiger partial charge on any atom is 0.336 e. The summed E-state index contributed by atoms with van der Waals surface area (Å²) in [5, 5.41) is 19.2. The zero-order valence-corrected chi connectivity index (χ0v) is 14.5. The molecular formula is C22H18O4. The average Bonchev–Trinajstić information content (AvgIpc) is 2.61. The Morgan fingerprint density at radius 1 is 0.615 bits per heavy atom.